The monoisotopic (exact) mass is 447 g/mol. The molecule has 24 heavy (non-hydrogen) atoms. The van der Waals surface area contributed by atoms with Gasteiger partial charge in [0.2, 0.25) is 0 Å². The molecule has 0 saturated carbocycles. The minimum atomic E-state index is -4.20. The van der Waals surface area contributed by atoms with E-state index in [4.69, 9.17) is 0 Å². The standard InChI is InChI=1S/C18H17F3INO/c1-12(18(19,20)21)10-11-13-6-2-5-9-16(13)23-17(24)14-7-3-4-8-15(14)22/h2-9,12H,10-11H2,1H3,(H,23,24). The number of alkyl halides is 3. The molecule has 0 heterocycles. The van der Waals surface area contributed by atoms with Crippen molar-refractivity contribution in [3.05, 3.63) is 63.2 Å². The Labute approximate surface area is 152 Å². The molecule has 1 amide bonds. The van der Waals surface area contributed by atoms with Crippen molar-refractivity contribution < 1.29 is 18.0 Å². The Kier molecular flexibility index (Phi) is 6.26. The van der Waals surface area contributed by atoms with Gasteiger partial charge in [-0.15, -0.1) is 0 Å². The summed E-state index contributed by atoms with van der Waals surface area (Å²) in [5.41, 5.74) is 1.79. The number of rotatable bonds is 5. The first kappa shape index (κ1) is 18.8. The molecule has 1 N–H and O–H groups in total. The van der Waals surface area contributed by atoms with Crippen LogP contribution in [0.2, 0.25) is 0 Å². The first-order valence-electron chi connectivity index (χ1n) is 7.49. The number of carbonyl (C=O) groups is 1. The highest BCUT2D eigenvalue weighted by Gasteiger charge is 2.35. The molecule has 0 aromatic heterocycles. The number of carbonyl (C=O) groups excluding carboxylic acids is 1. The number of amides is 1. The van der Waals surface area contributed by atoms with Crippen molar-refractivity contribution in [2.45, 2.75) is 25.9 Å². The van der Waals surface area contributed by atoms with Gasteiger partial charge in [-0.3, -0.25) is 4.79 Å². The van der Waals surface area contributed by atoms with Gasteiger partial charge >= 0.3 is 6.18 Å². The van der Waals surface area contributed by atoms with Crippen molar-refractivity contribution in [2.75, 3.05) is 5.32 Å². The third-order valence-corrected chi connectivity index (χ3v) is 4.73. The number of anilines is 1. The number of halogens is 4. The summed E-state index contributed by atoms with van der Waals surface area (Å²) in [4.78, 5) is 12.4. The van der Waals surface area contributed by atoms with Crippen LogP contribution in [0.4, 0.5) is 18.9 Å². The zero-order chi connectivity index (χ0) is 17.7. The highest BCUT2D eigenvalue weighted by molar-refractivity contribution is 14.1. The van der Waals surface area contributed by atoms with Gasteiger partial charge in [0.15, 0.2) is 0 Å². The summed E-state index contributed by atoms with van der Waals surface area (Å²) >= 11 is 2.08. The Morgan fingerprint density at radius 3 is 2.42 bits per heavy atom. The van der Waals surface area contributed by atoms with Crippen LogP contribution in [0.5, 0.6) is 0 Å². The molecule has 1 unspecified atom stereocenters. The fraction of sp³-hybridized carbons (Fsp3) is 0.278. The smallest absolute Gasteiger partial charge is 0.322 e. The van der Waals surface area contributed by atoms with Gasteiger partial charge in [-0.25, -0.2) is 0 Å². The van der Waals surface area contributed by atoms with Crippen molar-refractivity contribution in [1.82, 2.24) is 0 Å². The molecule has 1 atom stereocenters. The summed E-state index contributed by atoms with van der Waals surface area (Å²) in [6, 6.07) is 14.1. The van der Waals surface area contributed by atoms with Crippen molar-refractivity contribution in [1.29, 1.82) is 0 Å². The van der Waals surface area contributed by atoms with Crippen LogP contribution < -0.4 is 5.32 Å². The number of benzene rings is 2. The van der Waals surface area contributed by atoms with E-state index in [-0.39, 0.29) is 18.7 Å². The molecule has 2 aromatic rings. The van der Waals surface area contributed by atoms with Crippen molar-refractivity contribution in [3.63, 3.8) is 0 Å². The van der Waals surface area contributed by atoms with Crippen LogP contribution in [0.25, 0.3) is 0 Å². The topological polar surface area (TPSA) is 29.1 Å². The quantitative estimate of drug-likeness (QED) is 0.588. The molecular weight excluding hydrogens is 430 g/mol. The van der Waals surface area contributed by atoms with Crippen LogP contribution in [0.15, 0.2) is 48.5 Å². The first-order valence-corrected chi connectivity index (χ1v) is 8.57. The molecule has 0 aliphatic heterocycles. The van der Waals surface area contributed by atoms with Gasteiger partial charge in [0.1, 0.15) is 0 Å². The summed E-state index contributed by atoms with van der Waals surface area (Å²) in [5.74, 6) is -1.65. The lowest BCUT2D eigenvalue weighted by Crippen LogP contribution is -2.20. The SMILES string of the molecule is CC(CCc1ccccc1NC(=O)c1ccccc1I)C(F)(F)F. The van der Waals surface area contributed by atoms with Crippen LogP contribution in [0, 0.1) is 9.49 Å². The number of hydrogen-bond donors (Lipinski definition) is 1. The fourth-order valence-electron chi connectivity index (χ4n) is 2.23. The summed E-state index contributed by atoms with van der Waals surface area (Å²) in [7, 11) is 0. The second-order valence-corrected chi connectivity index (χ2v) is 6.73. The molecule has 2 aromatic carbocycles. The van der Waals surface area contributed by atoms with E-state index in [2.05, 4.69) is 27.9 Å². The van der Waals surface area contributed by atoms with Crippen molar-refractivity contribution in [2.24, 2.45) is 5.92 Å². The fourth-order valence-corrected chi connectivity index (χ4v) is 2.86. The summed E-state index contributed by atoms with van der Waals surface area (Å²) in [6.45, 7) is 1.17. The second kappa shape index (κ2) is 8.00. The molecule has 0 spiro atoms. The van der Waals surface area contributed by atoms with Crippen LogP contribution >= 0.6 is 22.6 Å². The molecule has 0 radical (unpaired) electrons. The van der Waals surface area contributed by atoms with Gasteiger partial charge < -0.3 is 5.32 Å². The molecule has 0 aliphatic rings. The molecule has 0 saturated heterocycles. The number of para-hydroxylation sites is 1. The Hall–Kier alpha value is -1.57. The lowest BCUT2D eigenvalue weighted by Gasteiger charge is -2.17. The van der Waals surface area contributed by atoms with Crippen LogP contribution in [0.3, 0.4) is 0 Å². The summed E-state index contributed by atoms with van der Waals surface area (Å²) < 4.78 is 38.8. The second-order valence-electron chi connectivity index (χ2n) is 5.57. The average Bonchev–Trinajstić information content (AvgIpc) is 2.53. The van der Waals surface area contributed by atoms with Gasteiger partial charge in [0.25, 0.3) is 5.91 Å². The lowest BCUT2D eigenvalue weighted by molar-refractivity contribution is -0.170. The molecule has 128 valence electrons. The van der Waals surface area contributed by atoms with E-state index in [9.17, 15) is 18.0 Å². The Balaban J connectivity index is 2.12. The molecule has 6 heteroatoms. The molecule has 0 bridgehead atoms. The Morgan fingerprint density at radius 2 is 1.75 bits per heavy atom. The third kappa shape index (κ3) is 4.96. The minimum absolute atomic E-state index is 0.0146. The molecule has 0 fully saturated rings. The maximum atomic E-state index is 12.7. The van der Waals surface area contributed by atoms with E-state index < -0.39 is 12.1 Å². The maximum Gasteiger partial charge on any atom is 0.391 e. The van der Waals surface area contributed by atoms with Gasteiger partial charge in [-0.2, -0.15) is 13.2 Å². The Bertz CT molecular complexity index is 715. The van der Waals surface area contributed by atoms with Gasteiger partial charge in [0, 0.05) is 9.26 Å². The number of nitrogens with one attached hydrogen (secondary N) is 1. The van der Waals surface area contributed by atoms with E-state index in [0.717, 1.165) is 3.57 Å². The highest BCUT2D eigenvalue weighted by Crippen LogP contribution is 2.30. The minimum Gasteiger partial charge on any atom is -0.322 e. The maximum absolute atomic E-state index is 12.7. The van der Waals surface area contributed by atoms with E-state index in [1.165, 1.54) is 6.92 Å². The van der Waals surface area contributed by atoms with Crippen molar-refractivity contribution in [3.8, 4) is 0 Å². The molecule has 0 aliphatic carbocycles. The predicted octanol–water partition coefficient (Wildman–Crippen LogP) is 5.67. The number of hydrogen-bond acceptors (Lipinski definition) is 1. The lowest BCUT2D eigenvalue weighted by atomic mass is 9.99. The van der Waals surface area contributed by atoms with Gasteiger partial charge in [0.05, 0.1) is 11.5 Å². The summed E-state index contributed by atoms with van der Waals surface area (Å²) in [5, 5.41) is 2.81. The average molecular weight is 447 g/mol. The first-order chi connectivity index (χ1) is 11.3. The largest absolute Gasteiger partial charge is 0.391 e. The molecule has 2 nitrogen and oxygen atoms in total. The predicted molar refractivity (Wildman–Crippen MR) is 97.1 cm³/mol. The number of aryl methyl sites for hydroxylation is 1. The normalized spacial score (nSPS) is 12.7. The third-order valence-electron chi connectivity index (χ3n) is 3.79. The summed E-state index contributed by atoms with van der Waals surface area (Å²) in [6.07, 6.45) is -3.96. The van der Waals surface area contributed by atoms with Gasteiger partial charge in [-0.05, 0) is 59.2 Å². The van der Waals surface area contributed by atoms with E-state index >= 15 is 0 Å². The van der Waals surface area contributed by atoms with Crippen LogP contribution in [-0.4, -0.2) is 12.1 Å². The zero-order valence-corrected chi connectivity index (χ0v) is 15.2. The van der Waals surface area contributed by atoms with Gasteiger partial charge in [-0.1, -0.05) is 37.3 Å². The van der Waals surface area contributed by atoms with E-state index in [1.807, 2.05) is 12.1 Å². The molecule has 2 rings (SSSR count). The van der Waals surface area contributed by atoms with E-state index in [1.54, 1.807) is 36.4 Å². The highest BCUT2D eigenvalue weighted by atomic mass is 127. The molecular formula is C18H17F3INO. The zero-order valence-electron chi connectivity index (χ0n) is 13.0. The van der Waals surface area contributed by atoms with E-state index in [0.29, 0.717) is 16.8 Å². The Morgan fingerprint density at radius 1 is 1.12 bits per heavy atom. The van der Waals surface area contributed by atoms with Crippen LogP contribution in [0.1, 0.15) is 29.3 Å². The van der Waals surface area contributed by atoms with Crippen molar-refractivity contribution >= 4 is 34.2 Å². The van der Waals surface area contributed by atoms with Crippen LogP contribution in [-0.2, 0) is 6.42 Å².